The van der Waals surface area contributed by atoms with Crippen LogP contribution in [0.5, 0.6) is 5.75 Å². The van der Waals surface area contributed by atoms with E-state index in [0.717, 1.165) is 44.9 Å². The molecule has 0 spiro atoms. The smallest absolute Gasteiger partial charge is 0.409 e. The van der Waals surface area contributed by atoms with Crippen LogP contribution in [0.4, 0.5) is 4.79 Å². The molecule has 0 bridgehead atoms. The van der Waals surface area contributed by atoms with Gasteiger partial charge in [-0.15, -0.1) is 0 Å². The van der Waals surface area contributed by atoms with Crippen LogP contribution >= 0.6 is 0 Å². The molecule has 5 nitrogen and oxygen atoms in total. The fourth-order valence-electron chi connectivity index (χ4n) is 3.32. The quantitative estimate of drug-likeness (QED) is 0.859. The van der Waals surface area contributed by atoms with Crippen molar-refractivity contribution >= 4 is 6.09 Å². The molecule has 1 saturated heterocycles. The number of hydrogen-bond acceptors (Lipinski definition) is 4. The number of ether oxygens (including phenoxy) is 2. The van der Waals surface area contributed by atoms with Crippen molar-refractivity contribution in [2.75, 3.05) is 32.8 Å². The Morgan fingerprint density at radius 1 is 1.26 bits per heavy atom. The number of rotatable bonds is 3. The first kappa shape index (κ1) is 16.1. The van der Waals surface area contributed by atoms with Crippen LogP contribution in [-0.4, -0.2) is 54.3 Å². The summed E-state index contributed by atoms with van der Waals surface area (Å²) in [5, 5.41) is 0. The molecule has 0 N–H and O–H groups in total. The molecule has 5 heteroatoms. The summed E-state index contributed by atoms with van der Waals surface area (Å²) >= 11 is 0. The summed E-state index contributed by atoms with van der Waals surface area (Å²) in [5.41, 5.74) is 2.53. The lowest BCUT2D eigenvalue weighted by Gasteiger charge is -2.34. The molecular formula is C18H26N2O3. The van der Waals surface area contributed by atoms with Gasteiger partial charge in [0.1, 0.15) is 11.4 Å². The monoisotopic (exact) mass is 318 g/mol. The number of nitrogens with zero attached hydrogens (tertiary/aromatic N) is 2. The van der Waals surface area contributed by atoms with Crippen molar-refractivity contribution in [2.24, 2.45) is 0 Å². The summed E-state index contributed by atoms with van der Waals surface area (Å²) < 4.78 is 11.0. The first-order chi connectivity index (χ1) is 11.0. The van der Waals surface area contributed by atoms with Crippen LogP contribution in [0.1, 0.15) is 31.9 Å². The fourth-order valence-corrected chi connectivity index (χ4v) is 3.32. The van der Waals surface area contributed by atoms with Crippen LogP contribution < -0.4 is 4.74 Å². The third-order valence-electron chi connectivity index (χ3n) is 4.43. The average molecular weight is 318 g/mol. The van der Waals surface area contributed by atoms with Crippen LogP contribution in [0, 0.1) is 0 Å². The van der Waals surface area contributed by atoms with Crippen molar-refractivity contribution in [1.82, 2.24) is 9.80 Å². The van der Waals surface area contributed by atoms with Gasteiger partial charge in [-0.25, -0.2) is 4.79 Å². The summed E-state index contributed by atoms with van der Waals surface area (Å²) in [6.07, 6.45) is 0.774. The van der Waals surface area contributed by atoms with Crippen LogP contribution in [-0.2, 0) is 17.7 Å². The number of benzene rings is 1. The third kappa shape index (κ3) is 3.78. The highest BCUT2D eigenvalue weighted by molar-refractivity contribution is 5.67. The van der Waals surface area contributed by atoms with Crippen LogP contribution in [0.15, 0.2) is 18.2 Å². The molecule has 1 amide bonds. The molecule has 2 aliphatic rings. The maximum absolute atomic E-state index is 11.7. The van der Waals surface area contributed by atoms with Gasteiger partial charge in [0.2, 0.25) is 0 Å². The van der Waals surface area contributed by atoms with Crippen molar-refractivity contribution in [1.29, 1.82) is 0 Å². The number of piperazine rings is 1. The highest BCUT2D eigenvalue weighted by atomic mass is 16.6. The van der Waals surface area contributed by atoms with Gasteiger partial charge in [-0.2, -0.15) is 0 Å². The highest BCUT2D eigenvalue weighted by Crippen LogP contribution is 2.35. The summed E-state index contributed by atoms with van der Waals surface area (Å²) in [6.45, 7) is 10.7. The summed E-state index contributed by atoms with van der Waals surface area (Å²) in [4.78, 5) is 15.9. The Labute approximate surface area is 138 Å². The Hall–Kier alpha value is -1.75. The molecule has 23 heavy (non-hydrogen) atoms. The van der Waals surface area contributed by atoms with E-state index >= 15 is 0 Å². The van der Waals surface area contributed by atoms with Gasteiger partial charge in [0, 0.05) is 39.1 Å². The molecule has 2 aliphatic heterocycles. The molecule has 1 fully saturated rings. The minimum absolute atomic E-state index is 0.0911. The molecule has 0 radical (unpaired) electrons. The molecule has 0 saturated carbocycles. The second-order valence-electron chi connectivity index (χ2n) is 6.94. The van der Waals surface area contributed by atoms with Gasteiger partial charge in [-0.05, 0) is 38.0 Å². The van der Waals surface area contributed by atoms with Crippen LogP contribution in [0.3, 0.4) is 0 Å². The third-order valence-corrected chi connectivity index (χ3v) is 4.43. The van der Waals surface area contributed by atoms with Gasteiger partial charge in [-0.1, -0.05) is 12.1 Å². The average Bonchev–Trinajstić information content (AvgIpc) is 2.81. The first-order valence-electron chi connectivity index (χ1n) is 8.42. The maximum Gasteiger partial charge on any atom is 0.409 e. The second kappa shape index (κ2) is 6.40. The van der Waals surface area contributed by atoms with Gasteiger partial charge in [0.15, 0.2) is 0 Å². The summed E-state index contributed by atoms with van der Waals surface area (Å²) in [6, 6.07) is 6.51. The molecular weight excluding hydrogens is 292 g/mol. The number of hydrogen-bond donors (Lipinski definition) is 0. The summed E-state index contributed by atoms with van der Waals surface area (Å²) in [5.74, 6) is 1.02. The SMILES string of the molecule is CCOC(=O)N1CCN(Cc2ccc3c(c2)CC(C)(C)O3)CC1. The molecule has 2 heterocycles. The molecule has 0 aromatic heterocycles. The standard InChI is InChI=1S/C18H26N2O3/c1-4-22-17(21)20-9-7-19(8-10-20)13-14-5-6-16-15(11-14)12-18(2,3)23-16/h5-6,11H,4,7-10,12-13H2,1-3H3. The Morgan fingerprint density at radius 3 is 2.70 bits per heavy atom. The molecule has 1 aromatic carbocycles. The van der Waals surface area contributed by atoms with Gasteiger partial charge in [-0.3, -0.25) is 4.90 Å². The van der Waals surface area contributed by atoms with Gasteiger partial charge < -0.3 is 14.4 Å². The zero-order chi connectivity index (χ0) is 16.4. The minimum atomic E-state index is -0.191. The lowest BCUT2D eigenvalue weighted by atomic mass is 10.00. The van der Waals surface area contributed by atoms with Gasteiger partial charge >= 0.3 is 6.09 Å². The topological polar surface area (TPSA) is 42.0 Å². The normalized spacial score (nSPS) is 20.0. The number of carbonyl (C=O) groups is 1. The van der Waals surface area contributed by atoms with E-state index in [-0.39, 0.29) is 11.7 Å². The molecule has 3 rings (SSSR count). The van der Waals surface area contributed by atoms with Gasteiger partial charge in [0.25, 0.3) is 0 Å². The molecule has 126 valence electrons. The Kier molecular flexibility index (Phi) is 4.48. The summed E-state index contributed by atoms with van der Waals surface area (Å²) in [7, 11) is 0. The van der Waals surface area contributed by atoms with E-state index in [1.165, 1.54) is 11.1 Å². The number of carbonyl (C=O) groups excluding carboxylic acids is 1. The second-order valence-corrected chi connectivity index (χ2v) is 6.94. The zero-order valence-corrected chi connectivity index (χ0v) is 14.3. The molecule has 1 aromatic rings. The van der Waals surface area contributed by atoms with E-state index in [0.29, 0.717) is 6.61 Å². The van der Waals surface area contributed by atoms with Crippen LogP contribution in [0.2, 0.25) is 0 Å². The number of amides is 1. The van der Waals surface area contributed by atoms with E-state index in [4.69, 9.17) is 9.47 Å². The fraction of sp³-hybridized carbons (Fsp3) is 0.611. The lowest BCUT2D eigenvalue weighted by Crippen LogP contribution is -2.48. The predicted octanol–water partition coefficient (Wildman–Crippen LogP) is 2.67. The van der Waals surface area contributed by atoms with E-state index in [9.17, 15) is 4.79 Å². The molecule has 0 atom stereocenters. The van der Waals surface area contributed by atoms with Crippen LogP contribution in [0.25, 0.3) is 0 Å². The van der Waals surface area contributed by atoms with E-state index in [2.05, 4.69) is 36.9 Å². The zero-order valence-electron chi connectivity index (χ0n) is 14.3. The van der Waals surface area contributed by atoms with Crippen molar-refractivity contribution in [3.63, 3.8) is 0 Å². The Morgan fingerprint density at radius 2 is 2.00 bits per heavy atom. The van der Waals surface area contributed by atoms with E-state index < -0.39 is 0 Å². The Bertz CT molecular complexity index is 578. The van der Waals surface area contributed by atoms with Crippen molar-refractivity contribution in [3.05, 3.63) is 29.3 Å². The number of fused-ring (bicyclic) bond motifs is 1. The van der Waals surface area contributed by atoms with Crippen molar-refractivity contribution in [2.45, 2.75) is 39.3 Å². The predicted molar refractivity (Wildman–Crippen MR) is 88.7 cm³/mol. The van der Waals surface area contributed by atoms with E-state index in [1.807, 2.05) is 6.92 Å². The molecule has 0 aliphatic carbocycles. The van der Waals surface area contributed by atoms with E-state index in [1.54, 1.807) is 4.90 Å². The van der Waals surface area contributed by atoms with Gasteiger partial charge in [0.05, 0.1) is 6.61 Å². The largest absolute Gasteiger partial charge is 0.487 e. The first-order valence-corrected chi connectivity index (χ1v) is 8.42. The van der Waals surface area contributed by atoms with Crippen molar-refractivity contribution < 1.29 is 14.3 Å². The maximum atomic E-state index is 11.7. The minimum Gasteiger partial charge on any atom is -0.487 e. The highest BCUT2D eigenvalue weighted by Gasteiger charge is 2.30. The lowest BCUT2D eigenvalue weighted by molar-refractivity contribution is 0.0778. The van der Waals surface area contributed by atoms with Crippen molar-refractivity contribution in [3.8, 4) is 5.75 Å². The Balaban J connectivity index is 1.55. The molecule has 0 unspecified atom stereocenters.